The van der Waals surface area contributed by atoms with E-state index in [0.29, 0.717) is 0 Å². The molecule has 1 atom stereocenters. The normalized spacial score (nSPS) is 30.0. The van der Waals surface area contributed by atoms with Gasteiger partial charge in [-0.3, -0.25) is 0 Å². The molecule has 2 aliphatic carbocycles. The fraction of sp³-hybridized carbons (Fsp3) is 0.600. The van der Waals surface area contributed by atoms with Crippen molar-refractivity contribution in [3.8, 4) is 0 Å². The number of rotatable bonds is 3. The Morgan fingerprint density at radius 2 is 1.77 bits per heavy atom. The van der Waals surface area contributed by atoms with E-state index in [2.05, 4.69) is 30.3 Å². The summed E-state index contributed by atoms with van der Waals surface area (Å²) in [6.45, 7) is 0.894. The van der Waals surface area contributed by atoms with E-state index in [1.807, 2.05) is 0 Å². The van der Waals surface area contributed by atoms with Gasteiger partial charge in [0.05, 0.1) is 12.2 Å². The maximum absolute atomic E-state index is 6.52. The number of aryl methyl sites for hydroxylation is 1. The Hall–Kier alpha value is -0.790. The van der Waals surface area contributed by atoms with Gasteiger partial charge in [-0.1, -0.05) is 61.2 Å². The van der Waals surface area contributed by atoms with E-state index >= 15 is 0 Å². The third kappa shape index (κ3) is 2.53. The van der Waals surface area contributed by atoms with Gasteiger partial charge in [-0.15, -0.1) is 0 Å². The summed E-state index contributed by atoms with van der Waals surface area (Å²) in [5, 5.41) is 1.14. The minimum atomic E-state index is 0.129. The number of fused-ring (bicyclic) bond motifs is 1. The van der Waals surface area contributed by atoms with E-state index in [0.717, 1.165) is 30.9 Å². The number of halogens is 1. The van der Waals surface area contributed by atoms with Gasteiger partial charge in [-0.25, -0.2) is 0 Å². The molecule has 1 aliphatic heterocycles. The van der Waals surface area contributed by atoms with Crippen LogP contribution in [0.4, 0.5) is 0 Å². The second kappa shape index (κ2) is 5.69. The Kier molecular flexibility index (Phi) is 3.82. The average Bonchev–Trinajstić information content (AvgIpc) is 2.57. The molecule has 1 aromatic rings. The van der Waals surface area contributed by atoms with Crippen LogP contribution in [0.15, 0.2) is 40.9 Å². The molecule has 22 heavy (non-hydrogen) atoms. The molecule has 118 valence electrons. The first kappa shape index (κ1) is 14.8. The van der Waals surface area contributed by atoms with Gasteiger partial charge in [0.1, 0.15) is 0 Å². The Balaban J connectivity index is 1.47. The number of hydrogen-bond donors (Lipinski definition) is 0. The molecule has 0 amide bonds. The third-order valence-corrected chi connectivity index (χ3v) is 6.48. The van der Waals surface area contributed by atoms with Crippen molar-refractivity contribution in [3.63, 3.8) is 0 Å². The van der Waals surface area contributed by atoms with Crippen molar-refractivity contribution in [2.24, 2.45) is 5.41 Å². The topological polar surface area (TPSA) is 9.23 Å². The molecule has 2 heteroatoms. The summed E-state index contributed by atoms with van der Waals surface area (Å²) in [6.07, 6.45) is 10.9. The number of ether oxygens (including phenoxy) is 1. The van der Waals surface area contributed by atoms with Crippen molar-refractivity contribution in [2.75, 3.05) is 6.61 Å². The van der Waals surface area contributed by atoms with E-state index in [1.165, 1.54) is 44.1 Å². The van der Waals surface area contributed by atoms with Crippen LogP contribution < -0.4 is 0 Å². The Morgan fingerprint density at radius 1 is 1.00 bits per heavy atom. The molecule has 3 aliphatic rings. The number of allylic oxidation sites excluding steroid dienone is 1. The highest BCUT2D eigenvalue weighted by Crippen LogP contribution is 2.59. The molecular formula is C20H25ClO. The molecule has 1 spiro atoms. The van der Waals surface area contributed by atoms with Gasteiger partial charge in [-0.05, 0) is 49.7 Å². The highest BCUT2D eigenvalue weighted by Gasteiger charge is 2.52. The highest BCUT2D eigenvalue weighted by molar-refractivity contribution is 6.31. The number of benzene rings is 1. The van der Waals surface area contributed by atoms with Gasteiger partial charge in [0, 0.05) is 10.4 Å². The summed E-state index contributed by atoms with van der Waals surface area (Å²) in [4.78, 5) is 0. The van der Waals surface area contributed by atoms with Crippen LogP contribution in [-0.4, -0.2) is 12.2 Å². The van der Waals surface area contributed by atoms with Crippen molar-refractivity contribution >= 4 is 11.6 Å². The van der Waals surface area contributed by atoms with Crippen molar-refractivity contribution in [3.05, 3.63) is 46.5 Å². The molecule has 0 unspecified atom stereocenters. The van der Waals surface area contributed by atoms with E-state index in [-0.39, 0.29) is 11.0 Å². The first-order valence-electron chi connectivity index (χ1n) is 8.77. The zero-order valence-corrected chi connectivity index (χ0v) is 14.0. The van der Waals surface area contributed by atoms with Gasteiger partial charge >= 0.3 is 0 Å². The molecule has 0 N–H and O–H groups in total. The Labute approximate surface area is 138 Å². The average molecular weight is 317 g/mol. The van der Waals surface area contributed by atoms with E-state index in [4.69, 9.17) is 16.3 Å². The maximum Gasteiger partial charge on any atom is 0.0720 e. The molecule has 1 aromatic carbocycles. The molecule has 0 aromatic heterocycles. The predicted octanol–water partition coefficient (Wildman–Crippen LogP) is 5.63. The van der Waals surface area contributed by atoms with E-state index < -0.39 is 0 Å². The summed E-state index contributed by atoms with van der Waals surface area (Å²) in [7, 11) is 0. The minimum Gasteiger partial charge on any atom is -0.374 e. The van der Waals surface area contributed by atoms with Crippen molar-refractivity contribution in [1.82, 2.24) is 0 Å². The van der Waals surface area contributed by atoms with Gasteiger partial charge < -0.3 is 4.74 Å². The van der Waals surface area contributed by atoms with Crippen LogP contribution in [0.1, 0.15) is 56.9 Å². The SMILES string of the molecule is ClC1=C2CC3(CCCCC3)OC[C@]2(CCc2ccccc2)C1. The predicted molar refractivity (Wildman–Crippen MR) is 91.1 cm³/mol. The van der Waals surface area contributed by atoms with Crippen LogP contribution in [0.25, 0.3) is 0 Å². The fourth-order valence-corrected chi connectivity index (χ4v) is 5.16. The second-order valence-corrected chi connectivity index (χ2v) is 7.99. The molecule has 0 radical (unpaired) electrons. The molecule has 4 rings (SSSR count). The van der Waals surface area contributed by atoms with Crippen LogP contribution in [0.3, 0.4) is 0 Å². The summed E-state index contributed by atoms with van der Waals surface area (Å²) < 4.78 is 6.49. The van der Waals surface area contributed by atoms with Gasteiger partial charge in [-0.2, -0.15) is 0 Å². The summed E-state index contributed by atoms with van der Waals surface area (Å²) >= 11 is 6.52. The van der Waals surface area contributed by atoms with Crippen LogP contribution in [0.2, 0.25) is 0 Å². The quantitative estimate of drug-likeness (QED) is 0.702. The van der Waals surface area contributed by atoms with E-state index in [9.17, 15) is 0 Å². The van der Waals surface area contributed by atoms with E-state index in [1.54, 1.807) is 5.57 Å². The fourth-order valence-electron chi connectivity index (χ4n) is 4.63. The monoisotopic (exact) mass is 316 g/mol. The van der Waals surface area contributed by atoms with Crippen LogP contribution in [0, 0.1) is 5.41 Å². The molecule has 1 saturated carbocycles. The van der Waals surface area contributed by atoms with Gasteiger partial charge in [0.25, 0.3) is 0 Å². The number of hydrogen-bond acceptors (Lipinski definition) is 1. The van der Waals surface area contributed by atoms with Crippen LogP contribution in [-0.2, 0) is 11.2 Å². The molecule has 1 heterocycles. The van der Waals surface area contributed by atoms with Gasteiger partial charge in [0.2, 0.25) is 0 Å². The van der Waals surface area contributed by atoms with Crippen molar-refractivity contribution in [2.45, 2.75) is 63.4 Å². The molecule has 0 bridgehead atoms. The summed E-state index contributed by atoms with van der Waals surface area (Å²) in [6, 6.07) is 10.8. The van der Waals surface area contributed by atoms with Crippen molar-refractivity contribution in [1.29, 1.82) is 0 Å². The zero-order valence-electron chi connectivity index (χ0n) is 13.2. The second-order valence-electron chi connectivity index (χ2n) is 7.54. The lowest BCUT2D eigenvalue weighted by Gasteiger charge is -2.55. The lowest BCUT2D eigenvalue weighted by molar-refractivity contribution is -0.132. The summed E-state index contributed by atoms with van der Waals surface area (Å²) in [5.41, 5.74) is 3.34. The molecule has 1 saturated heterocycles. The first-order valence-corrected chi connectivity index (χ1v) is 9.15. The zero-order chi connectivity index (χ0) is 15.0. The van der Waals surface area contributed by atoms with Crippen LogP contribution in [0.5, 0.6) is 0 Å². The van der Waals surface area contributed by atoms with Crippen LogP contribution >= 0.6 is 11.6 Å². The Morgan fingerprint density at radius 3 is 2.50 bits per heavy atom. The smallest absolute Gasteiger partial charge is 0.0720 e. The molecular weight excluding hydrogens is 292 g/mol. The minimum absolute atomic E-state index is 0.129. The standard InChI is InChI=1S/C20H25ClO/c21-18-14-19(12-9-16-7-3-1-4-8-16)15-22-20(13-17(18)19)10-5-2-6-11-20/h1,3-4,7-8H,2,5-6,9-15H2/t19-/m0/s1. The largest absolute Gasteiger partial charge is 0.374 e. The third-order valence-electron chi connectivity index (χ3n) is 6.11. The Bertz CT molecular complexity index is 571. The maximum atomic E-state index is 6.52. The van der Waals surface area contributed by atoms with Gasteiger partial charge in [0.15, 0.2) is 0 Å². The molecule has 1 nitrogen and oxygen atoms in total. The lowest BCUT2D eigenvalue weighted by Crippen LogP contribution is -2.51. The summed E-state index contributed by atoms with van der Waals surface area (Å²) in [5.74, 6) is 0. The lowest BCUT2D eigenvalue weighted by atomic mass is 9.60. The first-order chi connectivity index (χ1) is 10.7. The highest BCUT2D eigenvalue weighted by atomic mass is 35.5. The molecule has 2 fully saturated rings. The van der Waals surface area contributed by atoms with Crippen molar-refractivity contribution < 1.29 is 4.74 Å².